The van der Waals surface area contributed by atoms with Crippen LogP contribution >= 0.6 is 15.9 Å². The van der Waals surface area contributed by atoms with Gasteiger partial charge in [-0.1, -0.05) is 18.2 Å². The quantitative estimate of drug-likeness (QED) is 0.912. The molecule has 0 radical (unpaired) electrons. The molecule has 0 aliphatic heterocycles. The first-order valence-electron chi connectivity index (χ1n) is 5.56. The van der Waals surface area contributed by atoms with E-state index >= 15 is 0 Å². The van der Waals surface area contributed by atoms with Crippen LogP contribution in [0, 0.1) is 5.82 Å². The molecule has 2 aromatic rings. The molecule has 106 valence electrons. The van der Waals surface area contributed by atoms with Crippen LogP contribution in [0.5, 0.6) is 5.75 Å². The van der Waals surface area contributed by atoms with E-state index in [2.05, 4.69) is 15.9 Å². The van der Waals surface area contributed by atoms with E-state index in [1.54, 1.807) is 18.2 Å². The average Bonchev–Trinajstić information content (AvgIpc) is 2.38. The van der Waals surface area contributed by atoms with Gasteiger partial charge in [-0.2, -0.15) is 0 Å². The van der Waals surface area contributed by atoms with Gasteiger partial charge in [0.2, 0.25) is 10.0 Å². The van der Waals surface area contributed by atoms with Crippen molar-refractivity contribution < 1.29 is 17.5 Å². The molecule has 0 spiro atoms. The van der Waals surface area contributed by atoms with E-state index in [1.807, 2.05) is 0 Å². The summed E-state index contributed by atoms with van der Waals surface area (Å²) in [7, 11) is -3.76. The van der Waals surface area contributed by atoms with Crippen LogP contribution < -0.4 is 9.88 Å². The van der Waals surface area contributed by atoms with Crippen molar-refractivity contribution in [2.45, 2.75) is 11.5 Å². The van der Waals surface area contributed by atoms with E-state index < -0.39 is 10.0 Å². The highest BCUT2D eigenvalue weighted by Gasteiger charge is 2.11. The lowest BCUT2D eigenvalue weighted by atomic mass is 10.2. The zero-order valence-corrected chi connectivity index (χ0v) is 12.6. The van der Waals surface area contributed by atoms with E-state index in [9.17, 15) is 12.8 Å². The van der Waals surface area contributed by atoms with Crippen molar-refractivity contribution >= 4 is 26.0 Å². The minimum Gasteiger partial charge on any atom is -0.488 e. The van der Waals surface area contributed by atoms with Crippen LogP contribution in [-0.2, 0) is 16.6 Å². The molecule has 0 atom stereocenters. The Bertz CT molecular complexity index is 734. The van der Waals surface area contributed by atoms with Crippen molar-refractivity contribution in [3.8, 4) is 5.75 Å². The summed E-state index contributed by atoms with van der Waals surface area (Å²) in [6.07, 6.45) is 0. The van der Waals surface area contributed by atoms with Gasteiger partial charge >= 0.3 is 0 Å². The summed E-state index contributed by atoms with van der Waals surface area (Å²) in [4.78, 5) is -0.0254. The van der Waals surface area contributed by atoms with E-state index in [-0.39, 0.29) is 17.3 Å². The maximum absolute atomic E-state index is 13.4. The standard InChI is InChI=1S/C13H11BrFNO3S/c14-11-7-10(20(16,17)18)5-6-13(11)19-8-9-3-1-2-4-12(9)15/h1-7H,8H2,(H2,16,17,18). The summed E-state index contributed by atoms with van der Waals surface area (Å²) in [6, 6.07) is 10.4. The van der Waals surface area contributed by atoms with Crippen molar-refractivity contribution in [2.24, 2.45) is 5.14 Å². The second-order valence-electron chi connectivity index (χ2n) is 4.02. The first-order chi connectivity index (χ1) is 9.38. The van der Waals surface area contributed by atoms with Crippen molar-refractivity contribution in [2.75, 3.05) is 0 Å². The third kappa shape index (κ3) is 3.56. The minimum absolute atomic E-state index is 0.0254. The van der Waals surface area contributed by atoms with Crippen LogP contribution in [0.1, 0.15) is 5.56 Å². The monoisotopic (exact) mass is 359 g/mol. The molecule has 0 unspecified atom stereocenters. The maximum atomic E-state index is 13.4. The number of ether oxygens (including phenoxy) is 1. The molecule has 0 saturated heterocycles. The average molecular weight is 360 g/mol. The van der Waals surface area contributed by atoms with Gasteiger partial charge in [0.1, 0.15) is 18.2 Å². The number of hydrogen-bond donors (Lipinski definition) is 1. The molecule has 2 N–H and O–H groups in total. The molecular formula is C13H11BrFNO3S. The molecule has 0 aliphatic carbocycles. The van der Waals surface area contributed by atoms with Gasteiger partial charge in [-0.15, -0.1) is 0 Å². The highest BCUT2D eigenvalue weighted by atomic mass is 79.9. The van der Waals surface area contributed by atoms with Gasteiger partial charge < -0.3 is 4.74 Å². The zero-order valence-electron chi connectivity index (χ0n) is 10.2. The molecule has 7 heteroatoms. The Morgan fingerprint density at radius 3 is 2.50 bits per heavy atom. The molecule has 0 aliphatic rings. The molecule has 0 heterocycles. The number of primary sulfonamides is 1. The van der Waals surface area contributed by atoms with Gasteiger partial charge in [0.05, 0.1) is 9.37 Å². The Balaban J connectivity index is 2.17. The molecule has 0 fully saturated rings. The van der Waals surface area contributed by atoms with E-state index in [1.165, 1.54) is 24.3 Å². The summed E-state index contributed by atoms with van der Waals surface area (Å²) in [6.45, 7) is 0.0417. The largest absolute Gasteiger partial charge is 0.488 e. The van der Waals surface area contributed by atoms with Crippen LogP contribution in [0.4, 0.5) is 4.39 Å². The Hall–Kier alpha value is -1.44. The number of hydrogen-bond acceptors (Lipinski definition) is 3. The molecule has 4 nitrogen and oxygen atoms in total. The highest BCUT2D eigenvalue weighted by Crippen LogP contribution is 2.28. The fourth-order valence-electron chi connectivity index (χ4n) is 1.55. The molecule has 0 amide bonds. The van der Waals surface area contributed by atoms with E-state index in [0.29, 0.717) is 15.8 Å². The molecule has 20 heavy (non-hydrogen) atoms. The van der Waals surface area contributed by atoms with Gasteiger partial charge in [-0.05, 0) is 40.2 Å². The van der Waals surface area contributed by atoms with Crippen LogP contribution in [-0.4, -0.2) is 8.42 Å². The maximum Gasteiger partial charge on any atom is 0.238 e. The summed E-state index contributed by atoms with van der Waals surface area (Å²) < 4.78 is 41.7. The molecule has 2 aromatic carbocycles. The van der Waals surface area contributed by atoms with Gasteiger partial charge in [-0.25, -0.2) is 17.9 Å². The van der Waals surface area contributed by atoms with Gasteiger partial charge in [-0.3, -0.25) is 0 Å². The SMILES string of the molecule is NS(=O)(=O)c1ccc(OCc2ccccc2F)c(Br)c1. The first-order valence-corrected chi connectivity index (χ1v) is 7.90. The predicted octanol–water partition coefficient (Wildman–Crippen LogP) is 2.81. The third-order valence-electron chi connectivity index (χ3n) is 2.57. The van der Waals surface area contributed by atoms with E-state index in [4.69, 9.17) is 9.88 Å². The second kappa shape index (κ2) is 5.90. The number of sulfonamides is 1. The Kier molecular flexibility index (Phi) is 4.42. The van der Waals surface area contributed by atoms with E-state index in [0.717, 1.165) is 0 Å². The normalized spacial score (nSPS) is 11.3. The summed E-state index contributed by atoms with van der Waals surface area (Å²) in [5.41, 5.74) is 0.412. The topological polar surface area (TPSA) is 69.4 Å². The van der Waals surface area contributed by atoms with Gasteiger partial charge in [0.15, 0.2) is 0 Å². The molecule has 0 bridgehead atoms. The number of rotatable bonds is 4. The Morgan fingerprint density at radius 2 is 1.90 bits per heavy atom. The summed E-state index contributed by atoms with van der Waals surface area (Å²) in [5.74, 6) is 0.0467. The minimum atomic E-state index is -3.76. The zero-order chi connectivity index (χ0) is 14.8. The molecule has 0 aromatic heterocycles. The fourth-order valence-corrected chi connectivity index (χ4v) is 2.73. The lowest BCUT2D eigenvalue weighted by molar-refractivity contribution is 0.297. The van der Waals surface area contributed by atoms with Crippen molar-refractivity contribution in [1.82, 2.24) is 0 Å². The summed E-state index contributed by atoms with van der Waals surface area (Å²) >= 11 is 3.19. The van der Waals surface area contributed by atoms with Crippen molar-refractivity contribution in [1.29, 1.82) is 0 Å². The van der Waals surface area contributed by atoms with Crippen molar-refractivity contribution in [3.05, 3.63) is 58.3 Å². The predicted molar refractivity (Wildman–Crippen MR) is 76.2 cm³/mol. The highest BCUT2D eigenvalue weighted by molar-refractivity contribution is 9.10. The van der Waals surface area contributed by atoms with Gasteiger partial charge in [0.25, 0.3) is 0 Å². The Labute approximate surface area is 124 Å². The summed E-state index contributed by atoms with van der Waals surface area (Å²) in [5, 5.41) is 5.02. The van der Waals surface area contributed by atoms with Crippen molar-refractivity contribution in [3.63, 3.8) is 0 Å². The molecule has 2 rings (SSSR count). The molecule has 0 saturated carbocycles. The lowest BCUT2D eigenvalue weighted by Gasteiger charge is -2.09. The number of halogens is 2. The Morgan fingerprint density at radius 1 is 1.20 bits per heavy atom. The van der Waals surface area contributed by atoms with Crippen LogP contribution in [0.15, 0.2) is 51.8 Å². The number of benzene rings is 2. The first kappa shape index (κ1) is 15.0. The smallest absolute Gasteiger partial charge is 0.238 e. The molecular weight excluding hydrogens is 349 g/mol. The van der Waals surface area contributed by atoms with Crippen LogP contribution in [0.25, 0.3) is 0 Å². The van der Waals surface area contributed by atoms with Gasteiger partial charge in [0, 0.05) is 5.56 Å². The van der Waals surface area contributed by atoms with Crippen LogP contribution in [0.2, 0.25) is 0 Å². The number of nitrogens with two attached hydrogens (primary N) is 1. The van der Waals surface area contributed by atoms with Crippen LogP contribution in [0.3, 0.4) is 0 Å². The fraction of sp³-hybridized carbons (Fsp3) is 0.0769. The lowest BCUT2D eigenvalue weighted by Crippen LogP contribution is -2.12. The second-order valence-corrected chi connectivity index (χ2v) is 6.43. The third-order valence-corrected chi connectivity index (χ3v) is 4.10.